The highest BCUT2D eigenvalue weighted by molar-refractivity contribution is 5.79. The molecule has 2 aromatic rings. The summed E-state index contributed by atoms with van der Waals surface area (Å²) in [6, 6.07) is 5.26. The first kappa shape index (κ1) is 25.2. The topological polar surface area (TPSA) is 84.7 Å². The van der Waals surface area contributed by atoms with Gasteiger partial charge >= 0.3 is 0 Å². The molecule has 7 nitrogen and oxygen atoms in total. The number of carbonyl (C=O) groups is 1. The second-order valence-electron chi connectivity index (χ2n) is 11.7. The number of amides is 1. The Hall–Kier alpha value is -2.41. The molecule has 36 heavy (non-hydrogen) atoms. The van der Waals surface area contributed by atoms with E-state index < -0.39 is 5.60 Å². The molecule has 2 aliphatic carbocycles. The summed E-state index contributed by atoms with van der Waals surface area (Å²) in [5.41, 5.74) is -0.979. The highest BCUT2D eigenvalue weighted by Crippen LogP contribution is 2.51. The molecule has 1 amide bonds. The molecule has 3 aliphatic rings. The molecule has 1 saturated heterocycles. The molecular formula is C29H41N3O4. The first-order valence-electron chi connectivity index (χ1n) is 13.9. The minimum atomic E-state index is -1.04. The highest BCUT2D eigenvalue weighted by Gasteiger charge is 2.55. The van der Waals surface area contributed by atoms with Gasteiger partial charge in [-0.25, -0.2) is 4.98 Å². The van der Waals surface area contributed by atoms with Crippen LogP contribution in [-0.4, -0.2) is 51.3 Å². The Labute approximate surface area is 213 Å². The minimum Gasteiger partial charge on any atom is -0.497 e. The lowest BCUT2D eigenvalue weighted by Gasteiger charge is -2.52. The molecule has 1 spiro atoms. The zero-order chi connectivity index (χ0) is 25.3. The summed E-state index contributed by atoms with van der Waals surface area (Å²) in [7, 11) is 1.59. The summed E-state index contributed by atoms with van der Waals surface area (Å²) in [6.07, 6.45) is 13.3. The van der Waals surface area contributed by atoms with Crippen molar-refractivity contribution < 1.29 is 14.6 Å². The fourth-order valence-electron chi connectivity index (χ4n) is 7.28. The van der Waals surface area contributed by atoms with Crippen molar-refractivity contribution in [3.8, 4) is 5.75 Å². The first-order valence-corrected chi connectivity index (χ1v) is 13.9. The molecule has 1 N–H and O–H groups in total. The standard InChI is InChI=1S/C29H41N3O4/c1-21(16-22-8-4-3-5-9-22)26(33)31-15-14-29(35,28(18-31)12-6-7-13-28)19-32-20-30-25-17-23(36-2)10-11-24(25)27(32)34/h10-11,17,20-22,35H,3-9,12-16,18-19H2,1-2H3/t21-,29?/m1/s1. The number of methoxy groups -OCH3 is 1. The van der Waals surface area contributed by atoms with E-state index >= 15 is 0 Å². The molecule has 2 saturated carbocycles. The number of carbonyl (C=O) groups excluding carboxylic acids is 1. The van der Waals surface area contributed by atoms with Crippen LogP contribution in [0.25, 0.3) is 10.9 Å². The number of hydrogen-bond donors (Lipinski definition) is 1. The fourth-order valence-corrected chi connectivity index (χ4v) is 7.28. The van der Waals surface area contributed by atoms with E-state index in [1.54, 1.807) is 36.2 Å². The maximum absolute atomic E-state index is 13.5. The third kappa shape index (κ3) is 4.67. The molecule has 196 valence electrons. The van der Waals surface area contributed by atoms with Crippen molar-refractivity contribution in [1.29, 1.82) is 0 Å². The van der Waals surface area contributed by atoms with Crippen LogP contribution in [0.1, 0.15) is 77.6 Å². The van der Waals surface area contributed by atoms with Gasteiger partial charge in [0.05, 0.1) is 36.5 Å². The number of piperidine rings is 1. The number of fused-ring (bicyclic) bond motifs is 1. The van der Waals surface area contributed by atoms with E-state index in [9.17, 15) is 14.7 Å². The number of likely N-dealkylation sites (tertiary alicyclic amines) is 1. The molecule has 1 aromatic heterocycles. The van der Waals surface area contributed by atoms with E-state index in [0.29, 0.717) is 42.1 Å². The maximum Gasteiger partial charge on any atom is 0.261 e. The summed E-state index contributed by atoms with van der Waals surface area (Å²) in [5.74, 6) is 1.60. The number of rotatable bonds is 6. The van der Waals surface area contributed by atoms with Crippen LogP contribution in [-0.2, 0) is 11.3 Å². The van der Waals surface area contributed by atoms with Crippen LogP contribution in [0.4, 0.5) is 0 Å². The van der Waals surface area contributed by atoms with Gasteiger partial charge in [0.1, 0.15) is 5.75 Å². The van der Waals surface area contributed by atoms with Crippen molar-refractivity contribution in [2.75, 3.05) is 20.2 Å². The smallest absolute Gasteiger partial charge is 0.261 e. The van der Waals surface area contributed by atoms with Crippen molar-refractivity contribution >= 4 is 16.8 Å². The first-order chi connectivity index (χ1) is 17.3. The summed E-state index contributed by atoms with van der Waals surface area (Å²) in [6.45, 7) is 3.43. The van der Waals surface area contributed by atoms with E-state index in [2.05, 4.69) is 11.9 Å². The van der Waals surface area contributed by atoms with Gasteiger partial charge in [0.15, 0.2) is 0 Å². The molecule has 1 aromatic carbocycles. The molecule has 1 aliphatic heterocycles. The predicted octanol–water partition coefficient (Wildman–Crippen LogP) is 4.54. The lowest BCUT2D eigenvalue weighted by Crippen LogP contribution is -2.62. The lowest BCUT2D eigenvalue weighted by atomic mass is 9.65. The van der Waals surface area contributed by atoms with Crippen molar-refractivity contribution in [1.82, 2.24) is 14.5 Å². The SMILES string of the molecule is COc1ccc2c(=O)n(CC3(O)CCN(C(=O)[C@H](C)CC4CCCCC4)CC34CCCC4)cnc2c1. The molecule has 3 fully saturated rings. The Morgan fingerprint density at radius 2 is 1.92 bits per heavy atom. The van der Waals surface area contributed by atoms with E-state index in [-0.39, 0.29) is 29.3 Å². The Bertz CT molecular complexity index is 1150. The molecule has 0 radical (unpaired) electrons. The predicted molar refractivity (Wildman–Crippen MR) is 140 cm³/mol. The van der Waals surface area contributed by atoms with E-state index in [0.717, 1.165) is 32.1 Å². The molecular weight excluding hydrogens is 454 g/mol. The Morgan fingerprint density at radius 1 is 1.17 bits per heavy atom. The van der Waals surface area contributed by atoms with Crippen molar-refractivity contribution in [2.45, 2.75) is 89.7 Å². The van der Waals surface area contributed by atoms with Gasteiger partial charge in [-0.05, 0) is 43.7 Å². The molecule has 5 rings (SSSR count). The van der Waals surface area contributed by atoms with Crippen LogP contribution in [0, 0.1) is 17.3 Å². The third-order valence-corrected chi connectivity index (χ3v) is 9.45. The van der Waals surface area contributed by atoms with Crippen LogP contribution in [0.5, 0.6) is 5.75 Å². The zero-order valence-electron chi connectivity index (χ0n) is 21.9. The maximum atomic E-state index is 13.5. The molecule has 7 heteroatoms. The number of nitrogens with zero attached hydrogens (tertiary/aromatic N) is 3. The summed E-state index contributed by atoms with van der Waals surface area (Å²) < 4.78 is 6.83. The lowest BCUT2D eigenvalue weighted by molar-refractivity contribution is -0.163. The average molecular weight is 496 g/mol. The van der Waals surface area contributed by atoms with Gasteiger partial charge in [-0.15, -0.1) is 0 Å². The summed E-state index contributed by atoms with van der Waals surface area (Å²) in [5, 5.41) is 12.6. The monoisotopic (exact) mass is 495 g/mol. The van der Waals surface area contributed by atoms with Crippen LogP contribution in [0.15, 0.2) is 29.3 Å². The van der Waals surface area contributed by atoms with E-state index in [1.807, 2.05) is 4.90 Å². The fraction of sp³-hybridized carbons (Fsp3) is 0.690. The second kappa shape index (κ2) is 10.2. The van der Waals surface area contributed by atoms with Crippen LogP contribution in [0.3, 0.4) is 0 Å². The zero-order valence-corrected chi connectivity index (χ0v) is 21.9. The normalized spacial score (nSPS) is 25.4. The van der Waals surface area contributed by atoms with E-state index in [4.69, 9.17) is 4.74 Å². The largest absolute Gasteiger partial charge is 0.497 e. The Balaban J connectivity index is 1.34. The summed E-state index contributed by atoms with van der Waals surface area (Å²) >= 11 is 0. The minimum absolute atomic E-state index is 0.0297. The van der Waals surface area contributed by atoms with Crippen molar-refractivity contribution in [3.63, 3.8) is 0 Å². The van der Waals surface area contributed by atoms with Gasteiger partial charge in [0, 0.05) is 30.5 Å². The van der Waals surface area contributed by atoms with Gasteiger partial charge in [-0.1, -0.05) is 51.9 Å². The molecule has 0 bridgehead atoms. The van der Waals surface area contributed by atoms with Crippen LogP contribution in [0.2, 0.25) is 0 Å². The van der Waals surface area contributed by atoms with Gasteiger partial charge < -0.3 is 14.7 Å². The van der Waals surface area contributed by atoms with Gasteiger partial charge in [0.2, 0.25) is 5.91 Å². The van der Waals surface area contributed by atoms with Crippen LogP contribution >= 0.6 is 0 Å². The van der Waals surface area contributed by atoms with Crippen molar-refractivity contribution in [2.24, 2.45) is 17.3 Å². The number of hydrogen-bond acceptors (Lipinski definition) is 5. The van der Waals surface area contributed by atoms with Gasteiger partial charge in [-0.2, -0.15) is 0 Å². The molecule has 2 heterocycles. The number of ether oxygens (including phenoxy) is 1. The quantitative estimate of drug-likeness (QED) is 0.636. The third-order valence-electron chi connectivity index (χ3n) is 9.45. The van der Waals surface area contributed by atoms with Crippen molar-refractivity contribution in [3.05, 3.63) is 34.9 Å². The Morgan fingerprint density at radius 3 is 2.64 bits per heavy atom. The number of benzene rings is 1. The molecule has 1 unspecified atom stereocenters. The van der Waals surface area contributed by atoms with Crippen LogP contribution < -0.4 is 10.3 Å². The van der Waals surface area contributed by atoms with Gasteiger partial charge in [0.25, 0.3) is 5.56 Å². The second-order valence-corrected chi connectivity index (χ2v) is 11.7. The number of aliphatic hydroxyl groups is 1. The Kier molecular flexibility index (Phi) is 7.12. The molecule has 2 atom stereocenters. The number of aromatic nitrogens is 2. The average Bonchev–Trinajstić information content (AvgIpc) is 3.37. The van der Waals surface area contributed by atoms with Gasteiger partial charge in [-0.3, -0.25) is 14.2 Å². The summed E-state index contributed by atoms with van der Waals surface area (Å²) in [4.78, 5) is 33.3. The van der Waals surface area contributed by atoms with E-state index in [1.165, 1.54) is 32.1 Å². The highest BCUT2D eigenvalue weighted by atomic mass is 16.5.